The third-order valence-electron chi connectivity index (χ3n) is 3.13. The van der Waals surface area contributed by atoms with Gasteiger partial charge in [-0.25, -0.2) is 0 Å². The molecule has 0 N–H and O–H groups in total. The van der Waals surface area contributed by atoms with Crippen LogP contribution >= 0.6 is 0 Å². The number of ether oxygens (including phenoxy) is 1. The second kappa shape index (κ2) is 7.09. The lowest BCUT2D eigenvalue weighted by molar-refractivity contribution is -0.174. The number of carbonyl (C=O) groups is 1. The standard InChI is InChI=1S/C12H20F3NO2/c1-2-10-8-16(6-4-11(10)17)5-3-7-18-9-12(13,14)15/h10H,2-9H2,1H3. The van der Waals surface area contributed by atoms with Crippen LogP contribution in [0.2, 0.25) is 0 Å². The quantitative estimate of drug-likeness (QED) is 0.691. The van der Waals surface area contributed by atoms with E-state index in [2.05, 4.69) is 9.64 Å². The third-order valence-corrected chi connectivity index (χ3v) is 3.13. The van der Waals surface area contributed by atoms with Gasteiger partial charge in [0.15, 0.2) is 0 Å². The van der Waals surface area contributed by atoms with Gasteiger partial charge in [0, 0.05) is 38.6 Å². The first-order valence-corrected chi connectivity index (χ1v) is 6.32. The van der Waals surface area contributed by atoms with Crippen LogP contribution in [0.1, 0.15) is 26.2 Å². The Bertz CT molecular complexity index is 269. The van der Waals surface area contributed by atoms with Crippen molar-refractivity contribution in [1.82, 2.24) is 4.90 Å². The van der Waals surface area contributed by atoms with E-state index in [1.165, 1.54) is 0 Å². The molecule has 6 heteroatoms. The minimum Gasteiger partial charge on any atom is -0.372 e. The van der Waals surface area contributed by atoms with Crippen LogP contribution in [0, 0.1) is 5.92 Å². The first-order chi connectivity index (χ1) is 8.42. The van der Waals surface area contributed by atoms with Crippen molar-refractivity contribution < 1.29 is 22.7 Å². The molecule has 0 aliphatic carbocycles. The van der Waals surface area contributed by atoms with E-state index >= 15 is 0 Å². The molecule has 1 unspecified atom stereocenters. The van der Waals surface area contributed by atoms with Crippen LogP contribution < -0.4 is 0 Å². The van der Waals surface area contributed by atoms with Crippen LogP contribution in [0.15, 0.2) is 0 Å². The number of piperidine rings is 1. The van der Waals surface area contributed by atoms with Gasteiger partial charge in [-0.05, 0) is 12.8 Å². The summed E-state index contributed by atoms with van der Waals surface area (Å²) in [4.78, 5) is 13.6. The Kier molecular flexibility index (Phi) is 6.08. The van der Waals surface area contributed by atoms with Crippen molar-refractivity contribution in [2.75, 3.05) is 32.8 Å². The van der Waals surface area contributed by atoms with Crippen molar-refractivity contribution in [2.24, 2.45) is 5.92 Å². The monoisotopic (exact) mass is 267 g/mol. The molecule has 1 heterocycles. The fourth-order valence-electron chi connectivity index (χ4n) is 2.12. The highest BCUT2D eigenvalue weighted by Gasteiger charge is 2.27. The maximum absolute atomic E-state index is 11.8. The summed E-state index contributed by atoms with van der Waals surface area (Å²) in [5.41, 5.74) is 0. The lowest BCUT2D eigenvalue weighted by atomic mass is 9.94. The van der Waals surface area contributed by atoms with Crippen LogP contribution in [0.3, 0.4) is 0 Å². The summed E-state index contributed by atoms with van der Waals surface area (Å²) in [6, 6.07) is 0. The van der Waals surface area contributed by atoms with Crippen LogP contribution in [-0.4, -0.2) is 49.7 Å². The Labute approximate surface area is 105 Å². The molecule has 18 heavy (non-hydrogen) atoms. The number of carbonyl (C=O) groups excluding carboxylic acids is 1. The van der Waals surface area contributed by atoms with E-state index in [0.29, 0.717) is 31.7 Å². The SMILES string of the molecule is CCC1CN(CCCOCC(F)(F)F)CCC1=O. The fourth-order valence-corrected chi connectivity index (χ4v) is 2.12. The predicted molar refractivity (Wildman–Crippen MR) is 61.3 cm³/mol. The van der Waals surface area contributed by atoms with Gasteiger partial charge in [0.1, 0.15) is 12.4 Å². The van der Waals surface area contributed by atoms with Crippen molar-refractivity contribution >= 4 is 5.78 Å². The minimum absolute atomic E-state index is 0.0924. The van der Waals surface area contributed by atoms with Crippen molar-refractivity contribution in [2.45, 2.75) is 32.4 Å². The zero-order valence-corrected chi connectivity index (χ0v) is 10.6. The average molecular weight is 267 g/mol. The molecule has 1 atom stereocenters. The Hall–Kier alpha value is -0.620. The Morgan fingerprint density at radius 2 is 2.17 bits per heavy atom. The molecule has 1 aliphatic heterocycles. The minimum atomic E-state index is -4.25. The first-order valence-electron chi connectivity index (χ1n) is 6.32. The van der Waals surface area contributed by atoms with Crippen LogP contribution in [0.4, 0.5) is 13.2 Å². The van der Waals surface area contributed by atoms with E-state index in [9.17, 15) is 18.0 Å². The largest absolute Gasteiger partial charge is 0.411 e. The van der Waals surface area contributed by atoms with Crippen LogP contribution in [-0.2, 0) is 9.53 Å². The Morgan fingerprint density at radius 3 is 2.78 bits per heavy atom. The normalized spacial score (nSPS) is 22.4. The molecule has 0 aromatic heterocycles. The van der Waals surface area contributed by atoms with Gasteiger partial charge < -0.3 is 9.64 Å². The van der Waals surface area contributed by atoms with Gasteiger partial charge in [-0.3, -0.25) is 4.79 Å². The molecular formula is C12H20F3NO2. The molecule has 0 saturated carbocycles. The number of rotatable bonds is 6. The molecule has 0 aromatic carbocycles. The lowest BCUT2D eigenvalue weighted by Crippen LogP contribution is -2.41. The number of ketones is 1. The highest BCUT2D eigenvalue weighted by Crippen LogP contribution is 2.17. The number of nitrogens with zero attached hydrogens (tertiary/aromatic N) is 1. The summed E-state index contributed by atoms with van der Waals surface area (Å²) in [5.74, 6) is 0.400. The van der Waals surface area contributed by atoms with E-state index in [1.54, 1.807) is 0 Å². The molecule has 1 aliphatic rings. The van der Waals surface area contributed by atoms with Gasteiger partial charge in [-0.15, -0.1) is 0 Å². The molecule has 0 aromatic rings. The zero-order chi connectivity index (χ0) is 13.6. The van der Waals surface area contributed by atoms with Crippen molar-refractivity contribution in [3.63, 3.8) is 0 Å². The molecule has 1 rings (SSSR count). The summed E-state index contributed by atoms with van der Waals surface area (Å²) in [6.07, 6.45) is -2.28. The molecule has 0 radical (unpaired) electrons. The van der Waals surface area contributed by atoms with E-state index in [4.69, 9.17) is 0 Å². The molecular weight excluding hydrogens is 247 g/mol. The van der Waals surface area contributed by atoms with Gasteiger partial charge in [-0.2, -0.15) is 13.2 Å². The summed E-state index contributed by atoms with van der Waals surface area (Å²) in [5, 5.41) is 0. The molecule has 0 spiro atoms. The predicted octanol–water partition coefficient (Wildman–Crippen LogP) is 2.26. The fraction of sp³-hybridized carbons (Fsp3) is 0.917. The molecule has 106 valence electrons. The van der Waals surface area contributed by atoms with Crippen molar-refractivity contribution in [1.29, 1.82) is 0 Å². The smallest absolute Gasteiger partial charge is 0.372 e. The first kappa shape index (κ1) is 15.4. The Balaban J connectivity index is 2.11. The van der Waals surface area contributed by atoms with Gasteiger partial charge >= 0.3 is 6.18 Å². The summed E-state index contributed by atoms with van der Waals surface area (Å²) in [7, 11) is 0. The summed E-state index contributed by atoms with van der Waals surface area (Å²) in [6.45, 7) is 3.06. The highest BCUT2D eigenvalue weighted by molar-refractivity contribution is 5.82. The third kappa shape index (κ3) is 5.82. The van der Waals surface area contributed by atoms with Crippen LogP contribution in [0.25, 0.3) is 0 Å². The highest BCUT2D eigenvalue weighted by atomic mass is 19.4. The summed E-state index contributed by atoms with van der Waals surface area (Å²) >= 11 is 0. The van der Waals surface area contributed by atoms with E-state index < -0.39 is 12.8 Å². The Morgan fingerprint density at radius 1 is 1.44 bits per heavy atom. The molecule has 0 amide bonds. The van der Waals surface area contributed by atoms with E-state index in [-0.39, 0.29) is 12.5 Å². The number of likely N-dealkylation sites (tertiary alicyclic amines) is 1. The van der Waals surface area contributed by atoms with Crippen molar-refractivity contribution in [3.05, 3.63) is 0 Å². The molecule has 1 saturated heterocycles. The van der Waals surface area contributed by atoms with Gasteiger partial charge in [0.25, 0.3) is 0 Å². The zero-order valence-electron chi connectivity index (χ0n) is 10.6. The van der Waals surface area contributed by atoms with Gasteiger partial charge in [0.2, 0.25) is 0 Å². The average Bonchev–Trinajstić information content (AvgIpc) is 2.29. The number of alkyl halides is 3. The molecule has 0 bridgehead atoms. The van der Waals surface area contributed by atoms with E-state index in [1.807, 2.05) is 6.92 Å². The van der Waals surface area contributed by atoms with Gasteiger partial charge in [0.05, 0.1) is 0 Å². The second-order valence-electron chi connectivity index (χ2n) is 4.64. The number of Topliss-reactive ketones (excluding diaryl/α,β-unsaturated/α-hetero) is 1. The summed E-state index contributed by atoms with van der Waals surface area (Å²) < 4.78 is 40.0. The van der Waals surface area contributed by atoms with E-state index in [0.717, 1.165) is 13.0 Å². The molecule has 3 nitrogen and oxygen atoms in total. The van der Waals surface area contributed by atoms with Crippen LogP contribution in [0.5, 0.6) is 0 Å². The maximum atomic E-state index is 11.8. The topological polar surface area (TPSA) is 29.5 Å². The number of hydrogen-bond donors (Lipinski definition) is 0. The number of hydrogen-bond acceptors (Lipinski definition) is 3. The number of halogens is 3. The maximum Gasteiger partial charge on any atom is 0.411 e. The van der Waals surface area contributed by atoms with Crippen molar-refractivity contribution in [3.8, 4) is 0 Å². The lowest BCUT2D eigenvalue weighted by Gasteiger charge is -2.31. The molecule has 1 fully saturated rings. The van der Waals surface area contributed by atoms with Gasteiger partial charge in [-0.1, -0.05) is 6.92 Å². The second-order valence-corrected chi connectivity index (χ2v) is 4.64.